The summed E-state index contributed by atoms with van der Waals surface area (Å²) in [5.41, 5.74) is 9.67. The Bertz CT molecular complexity index is 777. The lowest BCUT2D eigenvalue weighted by molar-refractivity contribution is -0.125. The van der Waals surface area contributed by atoms with Crippen molar-refractivity contribution in [3.8, 4) is 11.5 Å². The lowest BCUT2D eigenvalue weighted by Crippen LogP contribution is -2.34. The Labute approximate surface area is 160 Å². The minimum atomic E-state index is -0.210. The third-order valence-corrected chi connectivity index (χ3v) is 4.98. The molecule has 144 valence electrons. The molecular formula is C21H27N3O3. The maximum Gasteiger partial charge on any atom is 0.226 e. The molecule has 0 spiro atoms. The minimum Gasteiger partial charge on any atom is -0.493 e. The van der Waals surface area contributed by atoms with Crippen molar-refractivity contribution in [2.45, 2.75) is 25.9 Å². The summed E-state index contributed by atoms with van der Waals surface area (Å²) < 4.78 is 10.7. The molecule has 1 fully saturated rings. The molecule has 3 N–H and O–H groups in total. The lowest BCUT2D eigenvalue weighted by Gasteiger charge is -2.20. The van der Waals surface area contributed by atoms with Gasteiger partial charge in [0.25, 0.3) is 0 Å². The van der Waals surface area contributed by atoms with E-state index in [-0.39, 0.29) is 17.9 Å². The van der Waals surface area contributed by atoms with Gasteiger partial charge in [0.1, 0.15) is 0 Å². The van der Waals surface area contributed by atoms with Crippen molar-refractivity contribution in [3.05, 3.63) is 59.2 Å². The molecule has 1 heterocycles. The van der Waals surface area contributed by atoms with E-state index in [1.165, 1.54) is 5.56 Å². The number of hydrogen-bond acceptors (Lipinski definition) is 5. The van der Waals surface area contributed by atoms with Crippen LogP contribution < -0.4 is 25.6 Å². The van der Waals surface area contributed by atoms with Gasteiger partial charge in [0.2, 0.25) is 5.91 Å². The second-order valence-corrected chi connectivity index (χ2v) is 6.61. The quantitative estimate of drug-likeness (QED) is 0.699. The van der Waals surface area contributed by atoms with E-state index in [0.29, 0.717) is 24.6 Å². The van der Waals surface area contributed by atoms with Crippen molar-refractivity contribution < 1.29 is 14.3 Å². The van der Waals surface area contributed by atoms with Crippen molar-refractivity contribution in [1.29, 1.82) is 0 Å². The molecule has 0 aromatic heterocycles. The first-order valence-corrected chi connectivity index (χ1v) is 9.22. The summed E-state index contributed by atoms with van der Waals surface area (Å²) >= 11 is 0. The number of carbonyl (C=O) groups excluding carboxylic acids is 1. The summed E-state index contributed by atoms with van der Waals surface area (Å²) in [4.78, 5) is 12.8. The predicted molar refractivity (Wildman–Crippen MR) is 105 cm³/mol. The van der Waals surface area contributed by atoms with E-state index in [9.17, 15) is 4.79 Å². The first-order chi connectivity index (χ1) is 13.2. The average Bonchev–Trinajstić information content (AvgIpc) is 3.21. The standard InChI is InChI=1S/C21H27N3O3/c1-4-14-5-7-15(8-6-14)12-22-21(25)17-13-23-24-20(17)16-9-10-18(26-2)19(11-16)27-3/h5-11,17,20,23-24H,4,12-13H2,1-3H3,(H,22,25). The highest BCUT2D eigenvalue weighted by molar-refractivity contribution is 5.80. The summed E-state index contributed by atoms with van der Waals surface area (Å²) in [6.07, 6.45) is 1.01. The molecule has 2 aromatic carbocycles. The van der Waals surface area contributed by atoms with Gasteiger partial charge >= 0.3 is 0 Å². The number of hydrogen-bond donors (Lipinski definition) is 3. The van der Waals surface area contributed by atoms with Gasteiger partial charge in [0, 0.05) is 13.1 Å². The zero-order chi connectivity index (χ0) is 19.2. The van der Waals surface area contributed by atoms with Crippen LogP contribution in [-0.4, -0.2) is 26.7 Å². The van der Waals surface area contributed by atoms with Crippen molar-refractivity contribution >= 4 is 5.91 Å². The van der Waals surface area contributed by atoms with E-state index in [0.717, 1.165) is 17.5 Å². The van der Waals surface area contributed by atoms with Crippen molar-refractivity contribution in [3.63, 3.8) is 0 Å². The molecule has 0 bridgehead atoms. The molecule has 2 aromatic rings. The molecule has 27 heavy (non-hydrogen) atoms. The molecule has 2 atom stereocenters. The monoisotopic (exact) mass is 369 g/mol. The molecule has 3 rings (SSSR count). The normalized spacial score (nSPS) is 18.9. The summed E-state index contributed by atoms with van der Waals surface area (Å²) in [7, 11) is 3.21. The molecule has 6 heteroatoms. The van der Waals surface area contributed by atoms with Crippen LogP contribution in [0.1, 0.15) is 29.7 Å². The number of carbonyl (C=O) groups is 1. The highest BCUT2D eigenvalue weighted by Gasteiger charge is 2.34. The van der Waals surface area contributed by atoms with E-state index in [4.69, 9.17) is 9.47 Å². The number of hydrazine groups is 1. The number of ether oxygens (including phenoxy) is 2. The highest BCUT2D eigenvalue weighted by atomic mass is 16.5. The fraction of sp³-hybridized carbons (Fsp3) is 0.381. The Kier molecular flexibility index (Phi) is 6.32. The second-order valence-electron chi connectivity index (χ2n) is 6.61. The van der Waals surface area contributed by atoms with Crippen LogP contribution in [0.5, 0.6) is 11.5 Å². The van der Waals surface area contributed by atoms with Crippen LogP contribution in [0.15, 0.2) is 42.5 Å². The van der Waals surface area contributed by atoms with Gasteiger partial charge < -0.3 is 14.8 Å². The number of amides is 1. The van der Waals surface area contributed by atoms with Crippen LogP contribution in [0.3, 0.4) is 0 Å². The molecule has 0 radical (unpaired) electrons. The molecule has 1 aliphatic heterocycles. The number of methoxy groups -OCH3 is 2. The number of nitrogens with one attached hydrogen (secondary N) is 3. The number of benzene rings is 2. The molecule has 2 unspecified atom stereocenters. The Morgan fingerprint density at radius 2 is 1.78 bits per heavy atom. The van der Waals surface area contributed by atoms with Crippen molar-refractivity contribution in [2.24, 2.45) is 5.92 Å². The van der Waals surface area contributed by atoms with Crippen LogP contribution in [-0.2, 0) is 17.8 Å². The van der Waals surface area contributed by atoms with Gasteiger partial charge in [-0.25, -0.2) is 5.43 Å². The zero-order valence-corrected chi connectivity index (χ0v) is 16.0. The van der Waals surface area contributed by atoms with Crippen molar-refractivity contribution in [1.82, 2.24) is 16.2 Å². The van der Waals surface area contributed by atoms with Gasteiger partial charge in [-0.1, -0.05) is 37.3 Å². The maximum absolute atomic E-state index is 12.8. The van der Waals surface area contributed by atoms with Crippen LogP contribution in [0.25, 0.3) is 0 Å². The first-order valence-electron chi connectivity index (χ1n) is 9.22. The van der Waals surface area contributed by atoms with Gasteiger partial charge in [0.05, 0.1) is 26.2 Å². The first kappa shape index (κ1) is 19.2. The summed E-state index contributed by atoms with van der Waals surface area (Å²) in [6, 6.07) is 13.9. The van der Waals surface area contributed by atoms with Gasteiger partial charge in [-0.05, 0) is 35.2 Å². The molecule has 0 aliphatic carbocycles. The second kappa shape index (κ2) is 8.88. The van der Waals surface area contributed by atoms with E-state index in [2.05, 4.69) is 47.4 Å². The Morgan fingerprint density at radius 1 is 1.07 bits per heavy atom. The third-order valence-electron chi connectivity index (χ3n) is 4.98. The van der Waals surface area contributed by atoms with E-state index < -0.39 is 0 Å². The third kappa shape index (κ3) is 4.40. The van der Waals surface area contributed by atoms with Gasteiger partial charge in [0.15, 0.2) is 11.5 Å². The molecular weight excluding hydrogens is 342 g/mol. The molecule has 1 aliphatic rings. The molecule has 1 saturated heterocycles. The van der Waals surface area contributed by atoms with Gasteiger partial charge in [-0.15, -0.1) is 0 Å². The Morgan fingerprint density at radius 3 is 2.44 bits per heavy atom. The lowest BCUT2D eigenvalue weighted by atomic mass is 9.93. The Hall–Kier alpha value is -2.57. The van der Waals surface area contributed by atoms with Crippen molar-refractivity contribution in [2.75, 3.05) is 20.8 Å². The van der Waals surface area contributed by atoms with Crippen LogP contribution in [0.4, 0.5) is 0 Å². The van der Waals surface area contributed by atoms with E-state index >= 15 is 0 Å². The predicted octanol–water partition coefficient (Wildman–Crippen LogP) is 2.35. The summed E-state index contributed by atoms with van der Waals surface area (Å²) in [5.74, 6) is 1.13. The largest absolute Gasteiger partial charge is 0.493 e. The average molecular weight is 369 g/mol. The smallest absolute Gasteiger partial charge is 0.226 e. The van der Waals surface area contributed by atoms with Gasteiger partial charge in [-0.2, -0.15) is 0 Å². The SMILES string of the molecule is CCc1ccc(CNC(=O)C2CNNC2c2ccc(OC)c(OC)c2)cc1. The maximum atomic E-state index is 12.8. The molecule has 0 saturated carbocycles. The minimum absolute atomic E-state index is 0.0202. The fourth-order valence-corrected chi connectivity index (χ4v) is 3.32. The highest BCUT2D eigenvalue weighted by Crippen LogP contribution is 2.33. The van der Waals surface area contributed by atoms with Crippen LogP contribution in [0.2, 0.25) is 0 Å². The molecule has 1 amide bonds. The topological polar surface area (TPSA) is 71.6 Å². The summed E-state index contributed by atoms with van der Waals surface area (Å²) in [6.45, 7) is 3.22. The fourth-order valence-electron chi connectivity index (χ4n) is 3.32. The number of rotatable bonds is 7. The number of aryl methyl sites for hydroxylation is 1. The van der Waals surface area contributed by atoms with E-state index in [1.807, 2.05) is 18.2 Å². The molecule has 6 nitrogen and oxygen atoms in total. The summed E-state index contributed by atoms with van der Waals surface area (Å²) in [5, 5.41) is 3.05. The Balaban J connectivity index is 1.67. The van der Waals surface area contributed by atoms with E-state index in [1.54, 1.807) is 14.2 Å². The van der Waals surface area contributed by atoms with Crippen LogP contribution in [0, 0.1) is 5.92 Å². The van der Waals surface area contributed by atoms with Crippen LogP contribution >= 0.6 is 0 Å². The van der Waals surface area contributed by atoms with Gasteiger partial charge in [-0.3, -0.25) is 10.2 Å². The zero-order valence-electron chi connectivity index (χ0n) is 16.0.